The summed E-state index contributed by atoms with van der Waals surface area (Å²) in [4.78, 5) is 25.1. The second-order valence-corrected chi connectivity index (χ2v) is 7.12. The molecule has 158 valence electrons. The number of aliphatic imine (C=N–C) groups is 1. The zero-order chi connectivity index (χ0) is 20.3. The molecule has 0 amide bonds. The molecule has 29 heavy (non-hydrogen) atoms. The van der Waals surface area contributed by atoms with Crippen molar-refractivity contribution in [3.8, 4) is 5.75 Å². The van der Waals surface area contributed by atoms with Gasteiger partial charge in [0.15, 0.2) is 11.8 Å². The number of aromatic nitrogens is 2. The Morgan fingerprint density at radius 2 is 1.83 bits per heavy atom. The predicted molar refractivity (Wildman–Crippen MR) is 126 cm³/mol. The molecule has 2 aromatic rings. The topological polar surface area (TPSA) is 86.0 Å². The van der Waals surface area contributed by atoms with Crippen LogP contribution >= 0.6 is 24.0 Å². The molecular weight excluding hydrogens is 483 g/mol. The van der Waals surface area contributed by atoms with Crippen LogP contribution in [-0.4, -0.2) is 58.7 Å². The van der Waals surface area contributed by atoms with Gasteiger partial charge in [0, 0.05) is 59.2 Å². The summed E-state index contributed by atoms with van der Waals surface area (Å²) in [5.41, 5.74) is 2.77. The molecule has 0 aliphatic carbocycles. The number of aromatic hydroxyl groups is 1. The van der Waals surface area contributed by atoms with Gasteiger partial charge in [-0.2, -0.15) is 0 Å². The Hall–Kier alpha value is -2.30. The van der Waals surface area contributed by atoms with Crippen LogP contribution in [-0.2, 0) is 13.6 Å². The molecular formula is C20H29IN6O2. The normalized spacial score (nSPS) is 14.6. The van der Waals surface area contributed by atoms with Gasteiger partial charge >= 0.3 is 0 Å². The number of halogens is 1. The van der Waals surface area contributed by atoms with Gasteiger partial charge in [-0.25, -0.2) is 4.98 Å². The molecule has 0 saturated carbocycles. The van der Waals surface area contributed by atoms with Crippen LogP contribution in [0.4, 0.5) is 5.82 Å². The third-order valence-electron chi connectivity index (χ3n) is 5.09. The number of rotatable bonds is 3. The van der Waals surface area contributed by atoms with Gasteiger partial charge in [-0.15, -0.1) is 24.0 Å². The van der Waals surface area contributed by atoms with Crippen LogP contribution in [0.25, 0.3) is 0 Å². The summed E-state index contributed by atoms with van der Waals surface area (Å²) in [5.74, 6) is 1.68. The van der Waals surface area contributed by atoms with E-state index >= 15 is 0 Å². The fourth-order valence-electron chi connectivity index (χ4n) is 3.49. The van der Waals surface area contributed by atoms with Gasteiger partial charge < -0.3 is 24.8 Å². The average molecular weight is 512 g/mol. The molecule has 1 aliphatic rings. The lowest BCUT2D eigenvalue weighted by Gasteiger charge is -2.36. The fourth-order valence-corrected chi connectivity index (χ4v) is 3.49. The first-order chi connectivity index (χ1) is 13.4. The highest BCUT2D eigenvalue weighted by Crippen LogP contribution is 2.22. The molecule has 2 N–H and O–H groups in total. The number of anilines is 1. The van der Waals surface area contributed by atoms with Crippen LogP contribution in [0.1, 0.15) is 16.7 Å². The third-order valence-corrected chi connectivity index (χ3v) is 5.09. The maximum atomic E-state index is 12.3. The second kappa shape index (κ2) is 9.95. The van der Waals surface area contributed by atoms with Crippen LogP contribution in [0.15, 0.2) is 34.3 Å². The smallest absolute Gasteiger partial charge is 0.293 e. The maximum Gasteiger partial charge on any atom is 0.293 e. The van der Waals surface area contributed by atoms with Gasteiger partial charge in [-0.05, 0) is 30.5 Å². The van der Waals surface area contributed by atoms with Gasteiger partial charge in [0.2, 0.25) is 0 Å². The number of piperazine rings is 1. The Morgan fingerprint density at radius 3 is 2.41 bits per heavy atom. The summed E-state index contributed by atoms with van der Waals surface area (Å²) >= 11 is 0. The highest BCUT2D eigenvalue weighted by molar-refractivity contribution is 14.0. The fraction of sp³-hybridized carbons (Fsp3) is 0.450. The molecule has 9 heteroatoms. The van der Waals surface area contributed by atoms with Crippen molar-refractivity contribution in [2.24, 2.45) is 12.0 Å². The van der Waals surface area contributed by atoms with Crippen LogP contribution in [0.3, 0.4) is 0 Å². The molecule has 1 fully saturated rings. The SMILES string of the molecule is CN=C(NCc1cc(C)c(O)c(C)c1)N1CCN(c2nccn(C)c2=O)CC1.I. The minimum atomic E-state index is -0.0727. The van der Waals surface area contributed by atoms with Crippen LogP contribution < -0.4 is 15.8 Å². The summed E-state index contributed by atoms with van der Waals surface area (Å²) < 4.78 is 1.55. The van der Waals surface area contributed by atoms with E-state index in [1.165, 1.54) is 0 Å². The third kappa shape index (κ3) is 5.20. The van der Waals surface area contributed by atoms with Crippen molar-refractivity contribution >= 4 is 35.8 Å². The van der Waals surface area contributed by atoms with Crippen molar-refractivity contribution in [1.29, 1.82) is 0 Å². The van der Waals surface area contributed by atoms with E-state index in [4.69, 9.17) is 0 Å². The first-order valence-electron chi connectivity index (χ1n) is 9.42. The molecule has 1 aliphatic heterocycles. The van der Waals surface area contributed by atoms with Crippen molar-refractivity contribution in [2.45, 2.75) is 20.4 Å². The van der Waals surface area contributed by atoms with E-state index in [0.29, 0.717) is 31.2 Å². The summed E-state index contributed by atoms with van der Waals surface area (Å²) in [7, 11) is 3.51. The molecule has 1 aromatic carbocycles. The first-order valence-corrected chi connectivity index (χ1v) is 9.42. The number of hydrogen-bond donors (Lipinski definition) is 2. The molecule has 0 atom stereocenters. The molecule has 1 saturated heterocycles. The minimum absolute atomic E-state index is 0. The highest BCUT2D eigenvalue weighted by atomic mass is 127. The number of benzene rings is 1. The number of nitrogens with zero attached hydrogens (tertiary/aromatic N) is 5. The van der Waals surface area contributed by atoms with Gasteiger partial charge in [0.25, 0.3) is 5.56 Å². The van der Waals surface area contributed by atoms with E-state index in [1.807, 2.05) is 30.9 Å². The molecule has 2 heterocycles. The Kier molecular flexibility index (Phi) is 7.88. The maximum absolute atomic E-state index is 12.3. The Balaban J connectivity index is 0.00000300. The Morgan fingerprint density at radius 1 is 1.21 bits per heavy atom. The van der Waals surface area contributed by atoms with E-state index in [0.717, 1.165) is 35.7 Å². The lowest BCUT2D eigenvalue weighted by molar-refractivity contribution is 0.370. The van der Waals surface area contributed by atoms with Crippen LogP contribution in [0, 0.1) is 13.8 Å². The number of phenolic OH excluding ortho intramolecular Hbond substituents is 1. The number of aryl methyl sites for hydroxylation is 3. The average Bonchev–Trinajstić information content (AvgIpc) is 2.69. The van der Waals surface area contributed by atoms with Crippen LogP contribution in [0.2, 0.25) is 0 Å². The number of hydrogen-bond acceptors (Lipinski definition) is 5. The predicted octanol–water partition coefficient (Wildman–Crippen LogP) is 1.62. The Labute approximate surface area is 188 Å². The Bertz CT molecular complexity index is 912. The largest absolute Gasteiger partial charge is 0.507 e. The molecule has 0 bridgehead atoms. The standard InChI is InChI=1S/C20H28N6O2.HI/c1-14-11-16(12-15(2)17(14)27)13-23-20(21-3)26-9-7-25(8-10-26)18-19(28)24(4)6-5-22-18;/h5-6,11-12,27H,7-10,13H2,1-4H3,(H,21,23);1H. The van der Waals surface area contributed by atoms with Crippen molar-refractivity contribution < 1.29 is 5.11 Å². The molecule has 1 aromatic heterocycles. The van der Waals surface area contributed by atoms with Crippen molar-refractivity contribution in [3.63, 3.8) is 0 Å². The van der Waals surface area contributed by atoms with Crippen molar-refractivity contribution in [2.75, 3.05) is 38.1 Å². The zero-order valence-corrected chi connectivity index (χ0v) is 19.7. The highest BCUT2D eigenvalue weighted by Gasteiger charge is 2.22. The first kappa shape index (κ1) is 23.0. The number of phenols is 1. The molecule has 8 nitrogen and oxygen atoms in total. The van der Waals surface area contributed by atoms with E-state index in [1.54, 1.807) is 31.1 Å². The molecule has 0 radical (unpaired) electrons. The van der Waals surface area contributed by atoms with Crippen LogP contribution in [0.5, 0.6) is 5.75 Å². The number of nitrogens with one attached hydrogen (secondary N) is 1. The van der Waals surface area contributed by atoms with Crippen molar-refractivity contribution in [3.05, 3.63) is 51.6 Å². The van der Waals surface area contributed by atoms with Crippen molar-refractivity contribution in [1.82, 2.24) is 19.8 Å². The monoisotopic (exact) mass is 512 g/mol. The lowest BCUT2D eigenvalue weighted by Crippen LogP contribution is -2.53. The second-order valence-electron chi connectivity index (χ2n) is 7.12. The van der Waals surface area contributed by atoms with E-state index < -0.39 is 0 Å². The molecule has 0 spiro atoms. The quantitative estimate of drug-likeness (QED) is 0.370. The lowest BCUT2D eigenvalue weighted by atomic mass is 10.1. The summed E-state index contributed by atoms with van der Waals surface area (Å²) in [6.07, 6.45) is 3.33. The summed E-state index contributed by atoms with van der Waals surface area (Å²) in [6, 6.07) is 3.97. The van der Waals surface area contributed by atoms with E-state index in [-0.39, 0.29) is 29.5 Å². The van der Waals surface area contributed by atoms with E-state index in [9.17, 15) is 9.90 Å². The molecule has 0 unspecified atom stereocenters. The van der Waals surface area contributed by atoms with Gasteiger partial charge in [0.05, 0.1) is 0 Å². The summed E-state index contributed by atoms with van der Waals surface area (Å²) in [6.45, 7) is 7.38. The van der Waals surface area contributed by atoms with E-state index in [2.05, 4.69) is 20.2 Å². The molecule has 3 rings (SSSR count). The summed E-state index contributed by atoms with van der Waals surface area (Å²) in [5, 5.41) is 13.3. The van der Waals surface area contributed by atoms with Gasteiger partial charge in [-0.1, -0.05) is 12.1 Å². The zero-order valence-electron chi connectivity index (χ0n) is 17.3. The number of guanidine groups is 1. The van der Waals surface area contributed by atoms with Gasteiger partial charge in [-0.3, -0.25) is 9.79 Å². The van der Waals surface area contributed by atoms with Gasteiger partial charge in [0.1, 0.15) is 5.75 Å². The minimum Gasteiger partial charge on any atom is -0.507 e.